The van der Waals surface area contributed by atoms with Gasteiger partial charge in [-0.1, -0.05) is 18.2 Å². The highest BCUT2D eigenvalue weighted by Gasteiger charge is 2.11. The number of hydrogen-bond donors (Lipinski definition) is 1. The van der Waals surface area contributed by atoms with Gasteiger partial charge in [-0.3, -0.25) is 0 Å². The van der Waals surface area contributed by atoms with Gasteiger partial charge in [0, 0.05) is 17.0 Å². The molecule has 0 aliphatic rings. The number of pyridine rings is 1. The Kier molecular flexibility index (Phi) is 2.77. The van der Waals surface area contributed by atoms with Gasteiger partial charge in [0.25, 0.3) is 0 Å². The molecule has 0 radical (unpaired) electrons. The van der Waals surface area contributed by atoms with Crippen molar-refractivity contribution in [3.63, 3.8) is 0 Å². The zero-order valence-corrected chi connectivity index (χ0v) is 10.8. The van der Waals surface area contributed by atoms with Gasteiger partial charge >= 0.3 is 0 Å². The number of fused-ring (bicyclic) bond motifs is 1. The molecular weight excluding hydrogens is 250 g/mol. The topological polar surface area (TPSA) is 88.5 Å². The largest absolute Gasteiger partial charge is 0.384 e. The third-order valence-corrected chi connectivity index (χ3v) is 2.96. The lowest BCUT2D eigenvalue weighted by Gasteiger charge is -2.07. The van der Waals surface area contributed by atoms with E-state index in [1.54, 1.807) is 13.0 Å². The maximum Gasteiger partial charge on any atom is 0.150 e. The Balaban J connectivity index is 2.32. The molecule has 3 rings (SSSR count). The van der Waals surface area contributed by atoms with Gasteiger partial charge in [-0.05, 0) is 19.1 Å². The Labute approximate surface area is 115 Å². The number of anilines is 1. The average molecular weight is 261 g/mol. The molecule has 0 aliphatic carbocycles. The normalized spacial score (nSPS) is 10.4. The molecule has 0 bridgehead atoms. The van der Waals surface area contributed by atoms with Gasteiger partial charge in [0.05, 0.1) is 11.2 Å². The number of hydrogen-bond acceptors (Lipinski definition) is 5. The number of nitriles is 1. The molecule has 2 heterocycles. The van der Waals surface area contributed by atoms with Crippen molar-refractivity contribution in [3.05, 3.63) is 47.9 Å². The number of nitrogen functional groups attached to an aromatic ring is 1. The zero-order chi connectivity index (χ0) is 14.1. The first-order valence-electron chi connectivity index (χ1n) is 6.09. The van der Waals surface area contributed by atoms with Crippen LogP contribution in [0.15, 0.2) is 36.4 Å². The molecule has 5 nitrogen and oxygen atoms in total. The van der Waals surface area contributed by atoms with Crippen LogP contribution in [0, 0.1) is 18.3 Å². The lowest BCUT2D eigenvalue weighted by molar-refractivity contribution is 1.06. The van der Waals surface area contributed by atoms with E-state index in [1.807, 2.05) is 30.3 Å². The van der Waals surface area contributed by atoms with Crippen molar-refractivity contribution in [2.75, 3.05) is 5.73 Å². The number of para-hydroxylation sites is 1. The number of rotatable bonds is 1. The van der Waals surface area contributed by atoms with Gasteiger partial charge in [-0.15, -0.1) is 0 Å². The summed E-state index contributed by atoms with van der Waals surface area (Å²) in [5.41, 5.74) is 8.15. The standard InChI is InChI=1S/C15H11N5/c1-9-18-13(7-15(17)19-9)11-6-10-4-2-3-5-12(10)20-14(11)8-16/h2-7H,1H3,(H2,17,18,19). The first-order valence-corrected chi connectivity index (χ1v) is 6.09. The van der Waals surface area contributed by atoms with Gasteiger partial charge in [-0.25, -0.2) is 15.0 Å². The van der Waals surface area contributed by atoms with Crippen LogP contribution in [0.4, 0.5) is 5.82 Å². The van der Waals surface area contributed by atoms with E-state index >= 15 is 0 Å². The molecule has 0 aliphatic heterocycles. The van der Waals surface area contributed by atoms with Gasteiger partial charge in [-0.2, -0.15) is 5.26 Å². The summed E-state index contributed by atoms with van der Waals surface area (Å²) in [6, 6.07) is 13.3. The number of benzene rings is 1. The van der Waals surface area contributed by atoms with Crippen LogP contribution < -0.4 is 5.73 Å². The Morgan fingerprint density at radius 3 is 2.65 bits per heavy atom. The van der Waals surface area contributed by atoms with E-state index in [0.717, 1.165) is 10.9 Å². The quantitative estimate of drug-likeness (QED) is 0.726. The van der Waals surface area contributed by atoms with E-state index in [2.05, 4.69) is 21.0 Å². The summed E-state index contributed by atoms with van der Waals surface area (Å²) < 4.78 is 0. The highest BCUT2D eigenvalue weighted by Crippen LogP contribution is 2.25. The highest BCUT2D eigenvalue weighted by molar-refractivity contribution is 5.85. The van der Waals surface area contributed by atoms with Gasteiger partial charge in [0.1, 0.15) is 17.7 Å². The first-order chi connectivity index (χ1) is 9.67. The molecule has 0 saturated carbocycles. The van der Waals surface area contributed by atoms with Crippen molar-refractivity contribution in [3.8, 4) is 17.3 Å². The fraction of sp³-hybridized carbons (Fsp3) is 0.0667. The fourth-order valence-electron chi connectivity index (χ4n) is 2.13. The minimum Gasteiger partial charge on any atom is -0.384 e. The van der Waals surface area contributed by atoms with E-state index in [0.29, 0.717) is 28.6 Å². The predicted molar refractivity (Wildman–Crippen MR) is 76.6 cm³/mol. The molecule has 0 atom stereocenters. The molecule has 5 heteroatoms. The third kappa shape index (κ3) is 2.04. The first kappa shape index (κ1) is 12.1. The smallest absolute Gasteiger partial charge is 0.150 e. The second-order valence-corrected chi connectivity index (χ2v) is 4.41. The summed E-state index contributed by atoms with van der Waals surface area (Å²) in [4.78, 5) is 12.7. The van der Waals surface area contributed by atoms with Crippen molar-refractivity contribution in [2.45, 2.75) is 6.92 Å². The summed E-state index contributed by atoms with van der Waals surface area (Å²) in [5.74, 6) is 0.946. The summed E-state index contributed by atoms with van der Waals surface area (Å²) in [6.45, 7) is 1.76. The Hall–Kier alpha value is -3.00. The van der Waals surface area contributed by atoms with Crippen molar-refractivity contribution in [1.29, 1.82) is 5.26 Å². The van der Waals surface area contributed by atoms with Crippen LogP contribution >= 0.6 is 0 Å². The van der Waals surface area contributed by atoms with Crippen molar-refractivity contribution in [2.24, 2.45) is 0 Å². The van der Waals surface area contributed by atoms with Crippen LogP contribution in [0.1, 0.15) is 11.5 Å². The Morgan fingerprint density at radius 2 is 1.90 bits per heavy atom. The second kappa shape index (κ2) is 4.59. The predicted octanol–water partition coefficient (Wildman–Crippen LogP) is 2.45. The van der Waals surface area contributed by atoms with Crippen LogP contribution in [0.25, 0.3) is 22.2 Å². The zero-order valence-electron chi connectivity index (χ0n) is 10.8. The highest BCUT2D eigenvalue weighted by atomic mass is 14.9. The van der Waals surface area contributed by atoms with E-state index in [4.69, 9.17) is 5.73 Å². The number of aryl methyl sites for hydroxylation is 1. The summed E-state index contributed by atoms with van der Waals surface area (Å²) in [6.07, 6.45) is 0. The van der Waals surface area contributed by atoms with E-state index in [1.165, 1.54) is 0 Å². The molecular formula is C15H11N5. The van der Waals surface area contributed by atoms with Crippen LogP contribution in [-0.2, 0) is 0 Å². The molecule has 0 unspecified atom stereocenters. The van der Waals surface area contributed by atoms with Crippen molar-refractivity contribution < 1.29 is 0 Å². The lowest BCUT2D eigenvalue weighted by atomic mass is 10.1. The van der Waals surface area contributed by atoms with E-state index in [-0.39, 0.29) is 0 Å². The Bertz CT molecular complexity index is 828. The Morgan fingerprint density at radius 1 is 1.10 bits per heavy atom. The van der Waals surface area contributed by atoms with Crippen LogP contribution in [0.3, 0.4) is 0 Å². The second-order valence-electron chi connectivity index (χ2n) is 4.41. The molecule has 1 aromatic carbocycles. The van der Waals surface area contributed by atoms with E-state index in [9.17, 15) is 5.26 Å². The molecule has 20 heavy (non-hydrogen) atoms. The maximum absolute atomic E-state index is 9.29. The monoisotopic (exact) mass is 261 g/mol. The SMILES string of the molecule is Cc1nc(N)cc(-c2cc3ccccc3nc2C#N)n1. The van der Waals surface area contributed by atoms with Crippen LogP contribution in [0.2, 0.25) is 0 Å². The maximum atomic E-state index is 9.29. The fourth-order valence-corrected chi connectivity index (χ4v) is 2.13. The van der Waals surface area contributed by atoms with Gasteiger partial charge in [0.15, 0.2) is 5.69 Å². The third-order valence-electron chi connectivity index (χ3n) is 2.96. The van der Waals surface area contributed by atoms with Crippen molar-refractivity contribution in [1.82, 2.24) is 15.0 Å². The molecule has 96 valence electrons. The molecule has 0 saturated heterocycles. The van der Waals surface area contributed by atoms with E-state index < -0.39 is 0 Å². The molecule has 2 aromatic heterocycles. The molecule has 2 N–H and O–H groups in total. The number of nitrogens with two attached hydrogens (primary N) is 1. The summed E-state index contributed by atoms with van der Waals surface area (Å²) in [7, 11) is 0. The number of nitrogens with zero attached hydrogens (tertiary/aromatic N) is 4. The van der Waals surface area contributed by atoms with Gasteiger partial charge in [0.2, 0.25) is 0 Å². The minimum atomic E-state index is 0.334. The summed E-state index contributed by atoms with van der Waals surface area (Å²) in [5, 5.41) is 10.2. The van der Waals surface area contributed by atoms with Crippen molar-refractivity contribution >= 4 is 16.7 Å². The lowest BCUT2D eigenvalue weighted by Crippen LogP contribution is -1.99. The van der Waals surface area contributed by atoms with Gasteiger partial charge < -0.3 is 5.73 Å². The average Bonchev–Trinajstić information content (AvgIpc) is 2.44. The molecule has 0 amide bonds. The molecule has 0 fully saturated rings. The van der Waals surface area contributed by atoms with Crippen LogP contribution in [0.5, 0.6) is 0 Å². The molecule has 3 aromatic rings. The van der Waals surface area contributed by atoms with Crippen LogP contribution in [-0.4, -0.2) is 15.0 Å². The molecule has 0 spiro atoms. The minimum absolute atomic E-state index is 0.334. The number of aromatic nitrogens is 3. The summed E-state index contributed by atoms with van der Waals surface area (Å²) >= 11 is 0.